The Balaban J connectivity index is 1.51. The summed E-state index contributed by atoms with van der Waals surface area (Å²) in [6.45, 7) is 0.104. The highest BCUT2D eigenvalue weighted by atomic mass is 16.5. The van der Waals surface area contributed by atoms with Crippen LogP contribution in [0.2, 0.25) is 0 Å². The summed E-state index contributed by atoms with van der Waals surface area (Å²) in [5.74, 6) is 0.998. The lowest BCUT2D eigenvalue weighted by atomic mass is 10.2. The van der Waals surface area contributed by atoms with Gasteiger partial charge in [-0.2, -0.15) is 0 Å². The van der Waals surface area contributed by atoms with E-state index in [-0.39, 0.29) is 12.5 Å². The summed E-state index contributed by atoms with van der Waals surface area (Å²) < 4.78 is 11.0. The van der Waals surface area contributed by atoms with E-state index in [0.29, 0.717) is 17.4 Å². The van der Waals surface area contributed by atoms with Crippen LogP contribution in [-0.4, -0.2) is 23.7 Å². The second-order valence-electron chi connectivity index (χ2n) is 5.79. The molecule has 1 amide bonds. The summed E-state index contributed by atoms with van der Waals surface area (Å²) in [5, 5.41) is 12.6. The number of ether oxygens (including phenoxy) is 1. The molecule has 3 rings (SSSR count). The Labute approximate surface area is 135 Å². The Hall–Kier alpha value is -2.27. The molecule has 1 fully saturated rings. The van der Waals surface area contributed by atoms with Crippen molar-refractivity contribution in [3.8, 4) is 5.75 Å². The van der Waals surface area contributed by atoms with Crippen LogP contribution in [0.4, 0.5) is 0 Å². The minimum absolute atomic E-state index is 0.104. The van der Waals surface area contributed by atoms with Gasteiger partial charge in [0.2, 0.25) is 0 Å². The largest absolute Gasteiger partial charge is 0.490 e. The molecule has 23 heavy (non-hydrogen) atoms. The standard InChI is InChI=1S/C18H21NO4/c20-16(17-6-3-11-22-17)12-19-18(21)13-7-9-15(10-8-13)23-14-4-1-2-5-14/h3,6-11,14,16,20H,1-2,4-5,12H2,(H,19,21). The first-order valence-corrected chi connectivity index (χ1v) is 7.99. The lowest BCUT2D eigenvalue weighted by molar-refractivity contribution is 0.0901. The van der Waals surface area contributed by atoms with Crippen LogP contribution in [0.1, 0.15) is 47.9 Å². The molecular weight excluding hydrogens is 294 g/mol. The van der Waals surface area contributed by atoms with Crippen LogP contribution < -0.4 is 10.1 Å². The Morgan fingerprint density at radius 1 is 1.26 bits per heavy atom. The van der Waals surface area contributed by atoms with E-state index >= 15 is 0 Å². The third-order valence-electron chi connectivity index (χ3n) is 4.05. The van der Waals surface area contributed by atoms with Gasteiger partial charge in [0.05, 0.1) is 18.9 Å². The summed E-state index contributed by atoms with van der Waals surface area (Å²) in [6.07, 6.45) is 5.60. The van der Waals surface area contributed by atoms with E-state index in [1.54, 1.807) is 24.3 Å². The highest BCUT2D eigenvalue weighted by Gasteiger charge is 2.17. The second-order valence-corrected chi connectivity index (χ2v) is 5.79. The monoisotopic (exact) mass is 315 g/mol. The highest BCUT2D eigenvalue weighted by molar-refractivity contribution is 5.94. The fourth-order valence-corrected chi connectivity index (χ4v) is 2.76. The zero-order valence-electron chi connectivity index (χ0n) is 12.9. The molecular formula is C18H21NO4. The van der Waals surface area contributed by atoms with E-state index in [1.165, 1.54) is 19.1 Å². The van der Waals surface area contributed by atoms with Crippen molar-refractivity contribution < 1.29 is 19.1 Å². The number of carbonyl (C=O) groups excluding carboxylic acids is 1. The molecule has 1 aromatic heterocycles. The summed E-state index contributed by atoms with van der Waals surface area (Å²) >= 11 is 0. The van der Waals surface area contributed by atoms with Crippen LogP contribution in [-0.2, 0) is 0 Å². The molecule has 0 aliphatic heterocycles. The summed E-state index contributed by atoms with van der Waals surface area (Å²) in [5.41, 5.74) is 0.537. The number of hydrogen-bond donors (Lipinski definition) is 2. The number of rotatable bonds is 6. The van der Waals surface area contributed by atoms with E-state index in [2.05, 4.69) is 5.32 Å². The average molecular weight is 315 g/mol. The topological polar surface area (TPSA) is 71.7 Å². The number of amides is 1. The van der Waals surface area contributed by atoms with Gasteiger partial charge in [0.15, 0.2) is 0 Å². The number of nitrogens with one attached hydrogen (secondary N) is 1. The Bertz CT molecular complexity index is 615. The number of aliphatic hydroxyl groups excluding tert-OH is 1. The van der Waals surface area contributed by atoms with Crippen molar-refractivity contribution in [2.45, 2.75) is 37.9 Å². The molecule has 5 heteroatoms. The normalized spacial score (nSPS) is 16.2. The zero-order valence-corrected chi connectivity index (χ0v) is 12.9. The molecule has 1 saturated carbocycles. The van der Waals surface area contributed by atoms with E-state index in [1.807, 2.05) is 12.1 Å². The van der Waals surface area contributed by atoms with Crippen molar-refractivity contribution in [1.82, 2.24) is 5.32 Å². The molecule has 2 N–H and O–H groups in total. The molecule has 0 radical (unpaired) electrons. The van der Waals surface area contributed by atoms with Crippen molar-refractivity contribution >= 4 is 5.91 Å². The smallest absolute Gasteiger partial charge is 0.251 e. The number of furan rings is 1. The summed E-state index contributed by atoms with van der Waals surface area (Å²) in [6, 6.07) is 10.5. The second kappa shape index (κ2) is 7.33. The third kappa shape index (κ3) is 4.13. The quantitative estimate of drug-likeness (QED) is 0.859. The van der Waals surface area contributed by atoms with E-state index < -0.39 is 6.10 Å². The van der Waals surface area contributed by atoms with Crippen molar-refractivity contribution in [2.75, 3.05) is 6.54 Å². The van der Waals surface area contributed by atoms with Crippen LogP contribution in [0.3, 0.4) is 0 Å². The minimum Gasteiger partial charge on any atom is -0.490 e. The fraction of sp³-hybridized carbons (Fsp3) is 0.389. The maximum absolute atomic E-state index is 12.1. The first-order valence-electron chi connectivity index (χ1n) is 7.99. The molecule has 1 heterocycles. The molecule has 1 unspecified atom stereocenters. The van der Waals surface area contributed by atoms with Crippen LogP contribution in [0.5, 0.6) is 5.75 Å². The van der Waals surface area contributed by atoms with Crippen molar-refractivity contribution in [3.63, 3.8) is 0 Å². The van der Waals surface area contributed by atoms with Crippen LogP contribution in [0.25, 0.3) is 0 Å². The Morgan fingerprint density at radius 3 is 2.65 bits per heavy atom. The number of benzene rings is 1. The molecule has 5 nitrogen and oxygen atoms in total. The Kier molecular flexibility index (Phi) is 4.98. The molecule has 1 aliphatic rings. The molecule has 0 bridgehead atoms. The van der Waals surface area contributed by atoms with Gasteiger partial charge in [0, 0.05) is 5.56 Å². The van der Waals surface area contributed by atoms with E-state index in [4.69, 9.17) is 9.15 Å². The molecule has 1 atom stereocenters. The average Bonchev–Trinajstić information content (AvgIpc) is 3.26. The van der Waals surface area contributed by atoms with Gasteiger partial charge in [-0.05, 0) is 62.1 Å². The number of hydrogen-bond acceptors (Lipinski definition) is 4. The molecule has 122 valence electrons. The Morgan fingerprint density at radius 2 is 2.00 bits per heavy atom. The summed E-state index contributed by atoms with van der Waals surface area (Å²) in [7, 11) is 0. The summed E-state index contributed by atoms with van der Waals surface area (Å²) in [4.78, 5) is 12.1. The molecule has 0 saturated heterocycles. The van der Waals surface area contributed by atoms with Gasteiger partial charge in [-0.15, -0.1) is 0 Å². The van der Waals surface area contributed by atoms with Gasteiger partial charge in [-0.25, -0.2) is 0 Å². The lowest BCUT2D eigenvalue weighted by Gasteiger charge is -2.13. The van der Waals surface area contributed by atoms with Gasteiger partial charge in [-0.1, -0.05) is 0 Å². The molecule has 2 aromatic rings. The van der Waals surface area contributed by atoms with Gasteiger partial charge in [0.25, 0.3) is 5.91 Å². The number of carbonyl (C=O) groups is 1. The van der Waals surface area contributed by atoms with E-state index in [9.17, 15) is 9.90 Å². The van der Waals surface area contributed by atoms with E-state index in [0.717, 1.165) is 18.6 Å². The van der Waals surface area contributed by atoms with Gasteiger partial charge >= 0.3 is 0 Å². The lowest BCUT2D eigenvalue weighted by Crippen LogP contribution is -2.28. The highest BCUT2D eigenvalue weighted by Crippen LogP contribution is 2.24. The predicted molar refractivity (Wildman–Crippen MR) is 85.3 cm³/mol. The minimum atomic E-state index is -0.848. The zero-order chi connectivity index (χ0) is 16.1. The maximum atomic E-state index is 12.1. The van der Waals surface area contributed by atoms with Crippen molar-refractivity contribution in [3.05, 3.63) is 54.0 Å². The van der Waals surface area contributed by atoms with Crippen molar-refractivity contribution in [2.24, 2.45) is 0 Å². The molecule has 1 aromatic carbocycles. The van der Waals surface area contributed by atoms with Gasteiger partial charge in [-0.3, -0.25) is 4.79 Å². The van der Waals surface area contributed by atoms with Gasteiger partial charge in [0.1, 0.15) is 17.6 Å². The van der Waals surface area contributed by atoms with Crippen molar-refractivity contribution in [1.29, 1.82) is 0 Å². The fourth-order valence-electron chi connectivity index (χ4n) is 2.76. The molecule has 0 spiro atoms. The van der Waals surface area contributed by atoms with Crippen LogP contribution >= 0.6 is 0 Å². The van der Waals surface area contributed by atoms with Crippen LogP contribution in [0.15, 0.2) is 47.1 Å². The predicted octanol–water partition coefficient (Wildman–Crippen LogP) is 3.06. The first kappa shape index (κ1) is 15.6. The van der Waals surface area contributed by atoms with Crippen LogP contribution in [0, 0.1) is 0 Å². The number of aliphatic hydroxyl groups is 1. The maximum Gasteiger partial charge on any atom is 0.251 e. The SMILES string of the molecule is O=C(NCC(O)c1ccco1)c1ccc(OC2CCCC2)cc1. The molecule has 1 aliphatic carbocycles. The first-order chi connectivity index (χ1) is 11.2. The third-order valence-corrected chi connectivity index (χ3v) is 4.05. The van der Waals surface area contributed by atoms with Gasteiger partial charge < -0.3 is 19.6 Å².